The third-order valence-corrected chi connectivity index (χ3v) is 3.83. The van der Waals surface area contributed by atoms with Crippen LogP contribution >= 0.6 is 0 Å². The number of carbonyl (C=O) groups excluding carboxylic acids is 2. The van der Waals surface area contributed by atoms with Crippen LogP contribution in [-0.2, 0) is 11.3 Å². The third kappa shape index (κ3) is 5.32. The van der Waals surface area contributed by atoms with Gasteiger partial charge in [0.15, 0.2) is 0 Å². The highest BCUT2D eigenvalue weighted by molar-refractivity contribution is 5.91. The van der Waals surface area contributed by atoms with Gasteiger partial charge in [0.05, 0.1) is 5.56 Å². The monoisotopic (exact) mass is 373 g/mol. The van der Waals surface area contributed by atoms with Gasteiger partial charge in [-0.15, -0.1) is 0 Å². The number of ether oxygens (including phenoxy) is 2. The largest absolute Gasteiger partial charge is 0.457 e. The summed E-state index contributed by atoms with van der Waals surface area (Å²) in [7, 11) is 0. The van der Waals surface area contributed by atoms with E-state index in [0.29, 0.717) is 29.4 Å². The molecule has 3 rings (SSSR count). The third-order valence-electron chi connectivity index (χ3n) is 3.83. The van der Waals surface area contributed by atoms with E-state index in [0.717, 1.165) is 5.56 Å². The van der Waals surface area contributed by atoms with Crippen molar-refractivity contribution < 1.29 is 19.1 Å². The Balaban J connectivity index is 1.62. The Morgan fingerprint density at radius 3 is 2.29 bits per heavy atom. The molecule has 0 saturated heterocycles. The number of hydrogen-bond donors (Lipinski definition) is 1. The summed E-state index contributed by atoms with van der Waals surface area (Å²) in [5, 5.41) is 2.68. The first-order chi connectivity index (χ1) is 13.6. The van der Waals surface area contributed by atoms with Crippen molar-refractivity contribution in [3.63, 3.8) is 0 Å². The number of hydrogen-bond acceptors (Lipinski definition) is 4. The molecule has 0 aliphatic rings. The van der Waals surface area contributed by atoms with Gasteiger partial charge < -0.3 is 14.8 Å². The fraction of sp³-hybridized carbons (Fsp3) is 0.0435. The highest BCUT2D eigenvalue weighted by Crippen LogP contribution is 2.22. The molecule has 0 unspecified atom stereocenters. The van der Waals surface area contributed by atoms with E-state index in [1.807, 2.05) is 30.3 Å². The molecule has 0 atom stereocenters. The van der Waals surface area contributed by atoms with Crippen LogP contribution in [0.15, 0.2) is 91.5 Å². The molecule has 0 bridgehead atoms. The smallest absolute Gasteiger partial charge is 0.343 e. The Morgan fingerprint density at radius 1 is 0.857 bits per heavy atom. The molecular weight excluding hydrogens is 354 g/mol. The topological polar surface area (TPSA) is 64.6 Å². The summed E-state index contributed by atoms with van der Waals surface area (Å²) in [4.78, 5) is 23.6. The maximum atomic E-state index is 12.4. The number of benzene rings is 3. The van der Waals surface area contributed by atoms with E-state index in [-0.39, 0.29) is 5.91 Å². The molecule has 1 N–H and O–H groups in total. The molecule has 0 radical (unpaired) electrons. The fourth-order valence-electron chi connectivity index (χ4n) is 2.41. The number of esters is 1. The highest BCUT2D eigenvalue weighted by Gasteiger charge is 2.10. The molecule has 140 valence electrons. The SMILES string of the molecule is C=CC(=O)NCc1ccc(OC(=O)c2cccc(Oc3ccccc3)c2)cc1. The van der Waals surface area contributed by atoms with Crippen molar-refractivity contribution in [1.82, 2.24) is 5.32 Å². The predicted octanol–water partition coefficient (Wildman–Crippen LogP) is 4.50. The zero-order valence-electron chi connectivity index (χ0n) is 15.1. The number of para-hydroxylation sites is 1. The van der Waals surface area contributed by atoms with Gasteiger partial charge in [-0.25, -0.2) is 4.79 Å². The van der Waals surface area contributed by atoms with Crippen LogP contribution in [0, 0.1) is 0 Å². The van der Waals surface area contributed by atoms with E-state index in [1.165, 1.54) is 6.08 Å². The van der Waals surface area contributed by atoms with Crippen molar-refractivity contribution in [2.24, 2.45) is 0 Å². The lowest BCUT2D eigenvalue weighted by Gasteiger charge is -2.08. The van der Waals surface area contributed by atoms with Gasteiger partial charge in [-0.3, -0.25) is 4.79 Å². The van der Waals surface area contributed by atoms with Gasteiger partial charge in [-0.1, -0.05) is 43.0 Å². The van der Waals surface area contributed by atoms with Gasteiger partial charge in [0, 0.05) is 6.54 Å². The van der Waals surface area contributed by atoms with Crippen LogP contribution in [-0.4, -0.2) is 11.9 Å². The maximum absolute atomic E-state index is 12.4. The Hall–Kier alpha value is -3.86. The number of carbonyl (C=O) groups is 2. The van der Waals surface area contributed by atoms with Crippen LogP contribution in [0.2, 0.25) is 0 Å². The summed E-state index contributed by atoms with van der Waals surface area (Å²) >= 11 is 0. The van der Waals surface area contributed by atoms with Crippen LogP contribution in [0.3, 0.4) is 0 Å². The Labute approximate surface area is 163 Å². The molecule has 0 aliphatic heterocycles. The molecule has 28 heavy (non-hydrogen) atoms. The second kappa shape index (κ2) is 9.19. The average Bonchev–Trinajstić information content (AvgIpc) is 2.74. The van der Waals surface area contributed by atoms with Crippen molar-refractivity contribution in [1.29, 1.82) is 0 Å². The molecule has 3 aromatic rings. The summed E-state index contributed by atoms with van der Waals surface area (Å²) in [6.45, 7) is 3.77. The first-order valence-corrected chi connectivity index (χ1v) is 8.68. The first kappa shape index (κ1) is 18.9. The van der Waals surface area contributed by atoms with Crippen LogP contribution in [0.25, 0.3) is 0 Å². The highest BCUT2D eigenvalue weighted by atomic mass is 16.5. The number of amides is 1. The zero-order valence-corrected chi connectivity index (χ0v) is 15.1. The molecule has 0 aliphatic carbocycles. The maximum Gasteiger partial charge on any atom is 0.343 e. The molecule has 0 saturated carbocycles. The van der Waals surface area contributed by atoms with Gasteiger partial charge in [0.1, 0.15) is 17.2 Å². The van der Waals surface area contributed by atoms with E-state index in [2.05, 4.69) is 11.9 Å². The summed E-state index contributed by atoms with van der Waals surface area (Å²) in [5.41, 5.74) is 1.27. The molecule has 3 aromatic carbocycles. The zero-order chi connectivity index (χ0) is 19.8. The van der Waals surface area contributed by atoms with Gasteiger partial charge >= 0.3 is 5.97 Å². The van der Waals surface area contributed by atoms with Crippen molar-refractivity contribution in [2.75, 3.05) is 0 Å². The van der Waals surface area contributed by atoms with E-state index in [1.54, 1.807) is 48.5 Å². The second-order valence-electron chi connectivity index (χ2n) is 5.90. The standard InChI is InChI=1S/C23H19NO4/c1-2-22(25)24-16-17-11-13-20(14-12-17)28-23(26)18-7-6-10-21(15-18)27-19-8-4-3-5-9-19/h2-15H,1,16H2,(H,24,25). The normalized spacial score (nSPS) is 10.0. The van der Waals surface area contributed by atoms with Crippen LogP contribution in [0.4, 0.5) is 0 Å². The minimum atomic E-state index is -0.480. The molecule has 0 heterocycles. The van der Waals surface area contributed by atoms with Gasteiger partial charge in [-0.2, -0.15) is 0 Å². The van der Waals surface area contributed by atoms with Gasteiger partial charge in [0.25, 0.3) is 0 Å². The van der Waals surface area contributed by atoms with Gasteiger partial charge in [0.2, 0.25) is 5.91 Å². The first-order valence-electron chi connectivity index (χ1n) is 8.68. The lowest BCUT2D eigenvalue weighted by Crippen LogP contribution is -2.19. The van der Waals surface area contributed by atoms with E-state index in [9.17, 15) is 9.59 Å². The molecule has 5 heteroatoms. The molecule has 0 spiro atoms. The Bertz CT molecular complexity index is 965. The minimum absolute atomic E-state index is 0.242. The predicted molar refractivity (Wildman–Crippen MR) is 106 cm³/mol. The lowest BCUT2D eigenvalue weighted by atomic mass is 10.2. The van der Waals surface area contributed by atoms with Crippen molar-refractivity contribution in [2.45, 2.75) is 6.54 Å². The van der Waals surface area contributed by atoms with E-state index < -0.39 is 5.97 Å². The molecule has 0 fully saturated rings. The van der Waals surface area contributed by atoms with Gasteiger partial charge in [-0.05, 0) is 54.1 Å². The quantitative estimate of drug-likeness (QED) is 0.376. The van der Waals surface area contributed by atoms with E-state index in [4.69, 9.17) is 9.47 Å². The van der Waals surface area contributed by atoms with Crippen molar-refractivity contribution >= 4 is 11.9 Å². The number of rotatable bonds is 7. The summed E-state index contributed by atoms with van der Waals surface area (Å²) in [6, 6.07) is 23.1. The summed E-state index contributed by atoms with van der Waals surface area (Å²) in [5.74, 6) is 0.929. The van der Waals surface area contributed by atoms with Crippen LogP contribution < -0.4 is 14.8 Å². The van der Waals surface area contributed by atoms with Crippen molar-refractivity contribution in [3.8, 4) is 17.2 Å². The molecule has 1 amide bonds. The lowest BCUT2D eigenvalue weighted by molar-refractivity contribution is -0.116. The fourth-order valence-corrected chi connectivity index (χ4v) is 2.41. The molecular formula is C23H19NO4. The molecule has 5 nitrogen and oxygen atoms in total. The second-order valence-corrected chi connectivity index (χ2v) is 5.90. The van der Waals surface area contributed by atoms with E-state index >= 15 is 0 Å². The van der Waals surface area contributed by atoms with Crippen LogP contribution in [0.1, 0.15) is 15.9 Å². The summed E-state index contributed by atoms with van der Waals surface area (Å²) in [6.07, 6.45) is 1.21. The Kier molecular flexibility index (Phi) is 6.21. The minimum Gasteiger partial charge on any atom is -0.457 e. The van der Waals surface area contributed by atoms with Crippen LogP contribution in [0.5, 0.6) is 17.2 Å². The molecule has 0 aromatic heterocycles. The summed E-state index contributed by atoms with van der Waals surface area (Å²) < 4.78 is 11.2. The average molecular weight is 373 g/mol. The Morgan fingerprint density at radius 2 is 1.57 bits per heavy atom. The number of nitrogens with one attached hydrogen (secondary N) is 1. The van der Waals surface area contributed by atoms with Crippen molar-refractivity contribution in [3.05, 3.63) is 103 Å².